The second-order valence-corrected chi connectivity index (χ2v) is 6.10. The summed E-state index contributed by atoms with van der Waals surface area (Å²) in [6.07, 6.45) is 1.78. The van der Waals surface area contributed by atoms with Crippen LogP contribution in [0.2, 0.25) is 0 Å². The van der Waals surface area contributed by atoms with E-state index in [2.05, 4.69) is 34.6 Å². The molecule has 2 N–H and O–H groups in total. The van der Waals surface area contributed by atoms with Gasteiger partial charge in [-0.3, -0.25) is 0 Å². The standard InChI is InChI=1S/C17H22N4O3/c1-11(2)12-6-3-4-7-13(12)19-17(22)18-10-15-20-16(24-21-15)14-8-5-9-23-14/h3-4,6-7,11,14H,5,8-10H2,1-2H3,(H2,18,19,22)/t14-/m0/s1. The Morgan fingerprint density at radius 1 is 1.38 bits per heavy atom. The second kappa shape index (κ2) is 7.44. The largest absolute Gasteiger partial charge is 0.368 e. The molecule has 24 heavy (non-hydrogen) atoms. The van der Waals surface area contributed by atoms with Crippen molar-refractivity contribution >= 4 is 11.7 Å². The third kappa shape index (κ3) is 3.91. The predicted molar refractivity (Wildman–Crippen MR) is 88.6 cm³/mol. The lowest BCUT2D eigenvalue weighted by molar-refractivity contribution is 0.0835. The van der Waals surface area contributed by atoms with Crippen molar-refractivity contribution in [3.8, 4) is 0 Å². The molecular weight excluding hydrogens is 308 g/mol. The zero-order valence-electron chi connectivity index (χ0n) is 13.9. The molecule has 1 aromatic carbocycles. The number of rotatable bonds is 5. The van der Waals surface area contributed by atoms with Gasteiger partial charge >= 0.3 is 6.03 Å². The van der Waals surface area contributed by atoms with Crippen molar-refractivity contribution in [1.29, 1.82) is 0 Å². The Morgan fingerprint density at radius 3 is 2.96 bits per heavy atom. The minimum absolute atomic E-state index is 0.113. The fourth-order valence-corrected chi connectivity index (χ4v) is 2.68. The zero-order valence-corrected chi connectivity index (χ0v) is 13.9. The maximum atomic E-state index is 12.1. The molecule has 0 unspecified atom stereocenters. The number of amides is 2. The van der Waals surface area contributed by atoms with Crippen LogP contribution in [-0.2, 0) is 11.3 Å². The summed E-state index contributed by atoms with van der Waals surface area (Å²) < 4.78 is 10.7. The summed E-state index contributed by atoms with van der Waals surface area (Å²) in [4.78, 5) is 16.4. The van der Waals surface area contributed by atoms with E-state index in [1.54, 1.807) is 0 Å². The number of nitrogens with one attached hydrogen (secondary N) is 2. The van der Waals surface area contributed by atoms with E-state index in [0.717, 1.165) is 30.7 Å². The summed E-state index contributed by atoms with van der Waals surface area (Å²) in [7, 11) is 0. The predicted octanol–water partition coefficient (Wildman–Crippen LogP) is 3.37. The van der Waals surface area contributed by atoms with Crippen LogP contribution >= 0.6 is 0 Å². The highest BCUT2D eigenvalue weighted by atomic mass is 16.5. The van der Waals surface area contributed by atoms with Gasteiger partial charge in [0.2, 0.25) is 0 Å². The van der Waals surface area contributed by atoms with Gasteiger partial charge in [0.1, 0.15) is 6.10 Å². The summed E-state index contributed by atoms with van der Waals surface area (Å²) in [6, 6.07) is 7.46. The topological polar surface area (TPSA) is 89.3 Å². The van der Waals surface area contributed by atoms with Crippen LogP contribution in [0.4, 0.5) is 10.5 Å². The Kier molecular flexibility index (Phi) is 5.10. The second-order valence-electron chi connectivity index (χ2n) is 6.10. The highest BCUT2D eigenvalue weighted by Gasteiger charge is 2.23. The van der Waals surface area contributed by atoms with E-state index in [4.69, 9.17) is 9.26 Å². The third-order valence-corrected chi connectivity index (χ3v) is 3.93. The number of para-hydroxylation sites is 1. The molecule has 1 atom stereocenters. The lowest BCUT2D eigenvalue weighted by Crippen LogP contribution is -2.29. The summed E-state index contributed by atoms with van der Waals surface area (Å²) in [5, 5.41) is 9.48. The van der Waals surface area contributed by atoms with E-state index in [1.165, 1.54) is 0 Å². The lowest BCUT2D eigenvalue weighted by atomic mass is 10.0. The molecule has 2 heterocycles. The van der Waals surface area contributed by atoms with Gasteiger partial charge in [0.05, 0.1) is 6.54 Å². The maximum absolute atomic E-state index is 12.1. The van der Waals surface area contributed by atoms with Gasteiger partial charge in [-0.25, -0.2) is 4.79 Å². The Morgan fingerprint density at radius 2 is 2.21 bits per heavy atom. The van der Waals surface area contributed by atoms with Crippen molar-refractivity contribution in [3.05, 3.63) is 41.5 Å². The molecule has 1 saturated heterocycles. The molecule has 0 bridgehead atoms. The number of aromatic nitrogens is 2. The highest BCUT2D eigenvalue weighted by Crippen LogP contribution is 2.27. The first-order valence-corrected chi connectivity index (χ1v) is 8.21. The third-order valence-electron chi connectivity index (χ3n) is 3.93. The number of carbonyl (C=O) groups is 1. The molecule has 0 spiro atoms. The van der Waals surface area contributed by atoms with Gasteiger partial charge in [0, 0.05) is 12.3 Å². The van der Waals surface area contributed by atoms with Crippen LogP contribution in [0.5, 0.6) is 0 Å². The van der Waals surface area contributed by atoms with Crippen LogP contribution < -0.4 is 10.6 Å². The van der Waals surface area contributed by atoms with E-state index >= 15 is 0 Å². The molecule has 0 aliphatic carbocycles. The van der Waals surface area contributed by atoms with Crippen LogP contribution in [0.1, 0.15) is 56.0 Å². The maximum Gasteiger partial charge on any atom is 0.319 e. The number of hydrogen-bond donors (Lipinski definition) is 2. The first-order valence-electron chi connectivity index (χ1n) is 8.21. The van der Waals surface area contributed by atoms with Crippen LogP contribution in [0.25, 0.3) is 0 Å². The summed E-state index contributed by atoms with van der Waals surface area (Å²) in [5.74, 6) is 1.25. The van der Waals surface area contributed by atoms with Crippen molar-refractivity contribution in [1.82, 2.24) is 15.5 Å². The van der Waals surface area contributed by atoms with Gasteiger partial charge in [-0.2, -0.15) is 4.98 Å². The van der Waals surface area contributed by atoms with Crippen molar-refractivity contribution in [2.24, 2.45) is 0 Å². The fraction of sp³-hybridized carbons (Fsp3) is 0.471. The first-order chi connectivity index (χ1) is 11.6. The van der Waals surface area contributed by atoms with E-state index in [9.17, 15) is 4.79 Å². The summed E-state index contributed by atoms with van der Waals surface area (Å²) in [6.45, 7) is 5.10. The molecule has 0 radical (unpaired) electrons. The summed E-state index contributed by atoms with van der Waals surface area (Å²) >= 11 is 0. The molecule has 7 nitrogen and oxygen atoms in total. The van der Waals surface area contributed by atoms with Crippen LogP contribution in [-0.4, -0.2) is 22.8 Å². The molecule has 2 aromatic rings. The molecule has 128 valence electrons. The minimum atomic E-state index is -0.299. The van der Waals surface area contributed by atoms with Gasteiger partial charge < -0.3 is 19.9 Å². The van der Waals surface area contributed by atoms with Crippen LogP contribution in [0, 0.1) is 0 Å². The molecule has 3 rings (SSSR count). The molecular formula is C17H22N4O3. The Balaban J connectivity index is 1.54. The van der Waals surface area contributed by atoms with Gasteiger partial charge in [-0.15, -0.1) is 0 Å². The average Bonchev–Trinajstić information content (AvgIpc) is 3.24. The monoisotopic (exact) mass is 330 g/mol. The van der Waals surface area contributed by atoms with E-state index in [-0.39, 0.29) is 18.7 Å². The van der Waals surface area contributed by atoms with E-state index in [0.29, 0.717) is 17.6 Å². The van der Waals surface area contributed by atoms with Gasteiger partial charge in [0.25, 0.3) is 5.89 Å². The molecule has 1 fully saturated rings. The van der Waals surface area contributed by atoms with E-state index < -0.39 is 0 Å². The quantitative estimate of drug-likeness (QED) is 0.877. The fourth-order valence-electron chi connectivity index (χ4n) is 2.68. The lowest BCUT2D eigenvalue weighted by Gasteiger charge is -2.13. The van der Waals surface area contributed by atoms with Gasteiger partial charge in [-0.1, -0.05) is 37.2 Å². The molecule has 2 amide bonds. The zero-order chi connectivity index (χ0) is 16.9. The normalized spacial score (nSPS) is 17.2. The Labute approximate surface area is 140 Å². The van der Waals surface area contributed by atoms with Crippen molar-refractivity contribution in [2.45, 2.75) is 45.3 Å². The number of nitrogens with zero attached hydrogens (tertiary/aromatic N) is 2. The number of anilines is 1. The summed E-state index contributed by atoms with van der Waals surface area (Å²) in [5.41, 5.74) is 1.89. The smallest absolute Gasteiger partial charge is 0.319 e. The molecule has 1 aliphatic rings. The molecule has 1 aliphatic heterocycles. The number of ether oxygens (including phenoxy) is 1. The number of carbonyl (C=O) groups excluding carboxylic acids is 1. The van der Waals surface area contributed by atoms with Crippen LogP contribution in [0.3, 0.4) is 0 Å². The molecule has 1 aromatic heterocycles. The molecule has 7 heteroatoms. The average molecular weight is 330 g/mol. The van der Waals surface area contributed by atoms with Gasteiger partial charge in [0.15, 0.2) is 5.82 Å². The van der Waals surface area contributed by atoms with Crippen molar-refractivity contribution < 1.29 is 14.1 Å². The number of benzene rings is 1. The van der Waals surface area contributed by atoms with Gasteiger partial charge in [-0.05, 0) is 30.4 Å². The van der Waals surface area contributed by atoms with Crippen molar-refractivity contribution in [3.63, 3.8) is 0 Å². The minimum Gasteiger partial charge on any atom is -0.368 e. The number of hydrogen-bond acceptors (Lipinski definition) is 5. The Bertz CT molecular complexity index is 693. The van der Waals surface area contributed by atoms with Crippen molar-refractivity contribution in [2.75, 3.05) is 11.9 Å². The Hall–Kier alpha value is -2.41. The first kappa shape index (κ1) is 16.4. The SMILES string of the molecule is CC(C)c1ccccc1NC(=O)NCc1noc([C@@H]2CCCO2)n1. The highest BCUT2D eigenvalue weighted by molar-refractivity contribution is 5.90. The molecule has 0 saturated carbocycles. The van der Waals surface area contributed by atoms with Crippen LogP contribution in [0.15, 0.2) is 28.8 Å². The number of urea groups is 1. The van der Waals surface area contributed by atoms with E-state index in [1.807, 2.05) is 24.3 Å².